The molecule has 0 unspecified atom stereocenters. The number of aryl methyl sites for hydroxylation is 1. The van der Waals surface area contributed by atoms with Crippen molar-refractivity contribution < 1.29 is 19.1 Å². The Morgan fingerprint density at radius 1 is 1.14 bits per heavy atom. The average Bonchev–Trinajstić information content (AvgIpc) is 2.69. The van der Waals surface area contributed by atoms with Gasteiger partial charge in [-0.05, 0) is 36.4 Å². The molecule has 1 aliphatic heterocycles. The zero-order chi connectivity index (χ0) is 19.7. The van der Waals surface area contributed by atoms with Crippen molar-refractivity contribution in [3.05, 3.63) is 71.3 Å². The molecule has 0 bridgehead atoms. The van der Waals surface area contributed by atoms with Crippen LogP contribution >= 0.6 is 0 Å². The number of carbonyl (C=O) groups is 2. The minimum Gasteiger partial charge on any atom is -0.462 e. The molecular formula is C23H21NO4. The number of ether oxygens (including phenoxy) is 2. The number of hydrogen-bond acceptors (Lipinski definition) is 5. The van der Waals surface area contributed by atoms with E-state index < -0.39 is 12.0 Å². The summed E-state index contributed by atoms with van der Waals surface area (Å²) in [5.41, 5.74) is 2.87. The first-order valence-corrected chi connectivity index (χ1v) is 9.34. The van der Waals surface area contributed by atoms with Crippen LogP contribution in [-0.2, 0) is 16.0 Å². The van der Waals surface area contributed by atoms with Gasteiger partial charge in [0.2, 0.25) is 0 Å². The topological polar surface area (TPSA) is 64.6 Å². The van der Waals surface area contributed by atoms with Crippen molar-refractivity contribution in [3.63, 3.8) is 0 Å². The summed E-state index contributed by atoms with van der Waals surface area (Å²) in [6.45, 7) is 3.99. The maximum absolute atomic E-state index is 12.7. The fourth-order valence-electron chi connectivity index (χ4n) is 3.60. The highest BCUT2D eigenvalue weighted by Gasteiger charge is 2.33. The molecule has 0 radical (unpaired) electrons. The molecule has 0 amide bonds. The fourth-order valence-corrected chi connectivity index (χ4v) is 3.60. The third-order valence-electron chi connectivity index (χ3n) is 4.91. The van der Waals surface area contributed by atoms with E-state index in [1.807, 2.05) is 55.5 Å². The van der Waals surface area contributed by atoms with Gasteiger partial charge in [0.15, 0.2) is 5.75 Å². The number of carbonyl (C=O) groups excluding carboxylic acids is 2. The maximum Gasteiger partial charge on any atom is 0.340 e. The molecule has 1 N–H and O–H groups in total. The Morgan fingerprint density at radius 3 is 2.68 bits per heavy atom. The zero-order valence-corrected chi connectivity index (χ0v) is 15.8. The van der Waals surface area contributed by atoms with Crippen LogP contribution < -0.4 is 10.1 Å². The average molecular weight is 375 g/mol. The Hall–Kier alpha value is -3.34. The standard InChI is InChI=1S/C23H21NO4/c1-3-27-22(25)17-13-16-11-7-8-14(2)19(16)21-20(17)24-18(23(26)28-21)12-15-9-5-4-6-10-15/h4-11,13,18,24H,3,12H2,1-2H3/t18-/m0/s1. The summed E-state index contributed by atoms with van der Waals surface area (Å²) in [5.74, 6) is -0.402. The van der Waals surface area contributed by atoms with Gasteiger partial charge in [0.05, 0.1) is 17.9 Å². The number of anilines is 1. The summed E-state index contributed by atoms with van der Waals surface area (Å²) < 4.78 is 11.0. The number of fused-ring (bicyclic) bond motifs is 3. The van der Waals surface area contributed by atoms with Gasteiger partial charge in [-0.3, -0.25) is 0 Å². The minimum atomic E-state index is -0.579. The monoisotopic (exact) mass is 375 g/mol. The Balaban J connectivity index is 1.83. The first-order valence-electron chi connectivity index (χ1n) is 9.34. The fraction of sp³-hybridized carbons (Fsp3) is 0.217. The Bertz CT molecular complexity index is 1060. The van der Waals surface area contributed by atoms with E-state index in [1.165, 1.54) is 0 Å². The van der Waals surface area contributed by atoms with E-state index >= 15 is 0 Å². The number of hydrogen-bond donors (Lipinski definition) is 1. The molecule has 4 rings (SSSR count). The van der Waals surface area contributed by atoms with E-state index in [-0.39, 0.29) is 12.6 Å². The van der Waals surface area contributed by atoms with E-state index in [0.717, 1.165) is 21.9 Å². The summed E-state index contributed by atoms with van der Waals surface area (Å²) in [7, 11) is 0. The third-order valence-corrected chi connectivity index (χ3v) is 4.91. The molecule has 1 heterocycles. The molecule has 3 aromatic carbocycles. The Labute approximate surface area is 163 Å². The molecule has 0 saturated heterocycles. The van der Waals surface area contributed by atoms with Crippen molar-refractivity contribution in [2.24, 2.45) is 0 Å². The lowest BCUT2D eigenvalue weighted by Gasteiger charge is -2.28. The van der Waals surface area contributed by atoms with Gasteiger partial charge in [-0.1, -0.05) is 48.5 Å². The minimum absolute atomic E-state index is 0.271. The van der Waals surface area contributed by atoms with Gasteiger partial charge < -0.3 is 14.8 Å². The summed E-state index contributed by atoms with van der Waals surface area (Å²) in [6, 6.07) is 16.7. The second-order valence-corrected chi connectivity index (χ2v) is 6.83. The highest BCUT2D eigenvalue weighted by atomic mass is 16.5. The van der Waals surface area contributed by atoms with Crippen molar-refractivity contribution in [1.29, 1.82) is 0 Å². The first-order chi connectivity index (χ1) is 13.6. The van der Waals surface area contributed by atoms with Crippen molar-refractivity contribution in [1.82, 2.24) is 0 Å². The lowest BCUT2D eigenvalue weighted by Crippen LogP contribution is -2.39. The van der Waals surface area contributed by atoms with Crippen molar-refractivity contribution in [3.8, 4) is 5.75 Å². The maximum atomic E-state index is 12.7. The highest BCUT2D eigenvalue weighted by molar-refractivity contribution is 6.09. The molecule has 5 heteroatoms. The van der Waals surface area contributed by atoms with E-state index in [9.17, 15) is 9.59 Å². The SMILES string of the molecule is CCOC(=O)c1cc2cccc(C)c2c2c1N[C@@H](Cc1ccccc1)C(=O)O2. The van der Waals surface area contributed by atoms with Crippen LogP contribution in [-0.4, -0.2) is 24.6 Å². The van der Waals surface area contributed by atoms with E-state index in [1.54, 1.807) is 13.0 Å². The molecule has 3 aromatic rings. The van der Waals surface area contributed by atoms with E-state index in [4.69, 9.17) is 9.47 Å². The van der Waals surface area contributed by atoms with Gasteiger partial charge in [-0.2, -0.15) is 0 Å². The largest absolute Gasteiger partial charge is 0.462 e. The molecular weight excluding hydrogens is 354 g/mol. The van der Waals surface area contributed by atoms with Gasteiger partial charge >= 0.3 is 11.9 Å². The second-order valence-electron chi connectivity index (χ2n) is 6.83. The molecule has 0 saturated carbocycles. The van der Waals surface area contributed by atoms with Crippen LogP contribution in [0.3, 0.4) is 0 Å². The van der Waals surface area contributed by atoms with Gasteiger partial charge in [0, 0.05) is 11.8 Å². The van der Waals surface area contributed by atoms with Gasteiger partial charge in [-0.25, -0.2) is 9.59 Å². The smallest absolute Gasteiger partial charge is 0.340 e. The van der Waals surface area contributed by atoms with E-state index in [2.05, 4.69) is 5.32 Å². The summed E-state index contributed by atoms with van der Waals surface area (Å²) >= 11 is 0. The Kier molecular flexibility index (Phi) is 4.74. The second kappa shape index (κ2) is 7.35. The number of nitrogens with one attached hydrogen (secondary N) is 1. The molecule has 0 aromatic heterocycles. The third kappa shape index (κ3) is 3.20. The molecule has 28 heavy (non-hydrogen) atoms. The summed E-state index contributed by atoms with van der Waals surface area (Å²) in [4.78, 5) is 25.3. The van der Waals surface area contributed by atoms with Gasteiger partial charge in [-0.15, -0.1) is 0 Å². The van der Waals surface area contributed by atoms with Crippen LogP contribution in [0.5, 0.6) is 5.75 Å². The zero-order valence-electron chi connectivity index (χ0n) is 15.8. The molecule has 1 aliphatic rings. The molecule has 1 atom stereocenters. The van der Waals surface area contributed by atoms with Crippen LogP contribution in [0.25, 0.3) is 10.8 Å². The lowest BCUT2D eigenvalue weighted by atomic mass is 9.97. The van der Waals surface area contributed by atoms with Gasteiger partial charge in [0.1, 0.15) is 6.04 Å². The van der Waals surface area contributed by atoms with Gasteiger partial charge in [0.25, 0.3) is 0 Å². The highest BCUT2D eigenvalue weighted by Crippen LogP contribution is 2.42. The van der Waals surface area contributed by atoms with Crippen molar-refractivity contribution in [2.45, 2.75) is 26.3 Å². The van der Waals surface area contributed by atoms with Crippen LogP contribution in [0.4, 0.5) is 5.69 Å². The lowest BCUT2D eigenvalue weighted by molar-refractivity contribution is -0.135. The van der Waals surface area contributed by atoms with Crippen LogP contribution in [0, 0.1) is 6.92 Å². The normalized spacial score (nSPS) is 15.5. The quantitative estimate of drug-likeness (QED) is 0.545. The number of esters is 2. The summed E-state index contributed by atoms with van der Waals surface area (Å²) in [5, 5.41) is 4.90. The first kappa shape index (κ1) is 18.0. The van der Waals surface area contributed by atoms with Crippen molar-refractivity contribution >= 4 is 28.4 Å². The molecule has 0 fully saturated rings. The summed E-state index contributed by atoms with van der Waals surface area (Å²) in [6.07, 6.45) is 0.465. The van der Waals surface area contributed by atoms with Crippen LogP contribution in [0.1, 0.15) is 28.4 Å². The molecule has 0 aliphatic carbocycles. The van der Waals surface area contributed by atoms with Crippen molar-refractivity contribution in [2.75, 3.05) is 11.9 Å². The Morgan fingerprint density at radius 2 is 1.93 bits per heavy atom. The van der Waals surface area contributed by atoms with Crippen LogP contribution in [0.2, 0.25) is 0 Å². The predicted octanol–water partition coefficient (Wildman–Crippen LogP) is 4.27. The van der Waals surface area contributed by atoms with E-state index in [0.29, 0.717) is 23.4 Å². The number of rotatable bonds is 4. The number of benzene rings is 3. The van der Waals surface area contributed by atoms with Crippen LogP contribution in [0.15, 0.2) is 54.6 Å². The molecule has 0 spiro atoms. The molecule has 142 valence electrons. The predicted molar refractivity (Wildman–Crippen MR) is 108 cm³/mol. The molecule has 5 nitrogen and oxygen atoms in total.